The van der Waals surface area contributed by atoms with E-state index in [-0.39, 0.29) is 12.6 Å². The fourth-order valence-corrected chi connectivity index (χ4v) is 1.90. The summed E-state index contributed by atoms with van der Waals surface area (Å²) in [5.41, 5.74) is 1.91. The highest BCUT2D eigenvalue weighted by Crippen LogP contribution is 2.25. The van der Waals surface area contributed by atoms with Crippen LogP contribution in [-0.2, 0) is 6.54 Å². The van der Waals surface area contributed by atoms with E-state index in [0.717, 1.165) is 16.9 Å². The van der Waals surface area contributed by atoms with E-state index in [9.17, 15) is 0 Å². The molecular formula is C15H21N3O3. The van der Waals surface area contributed by atoms with Gasteiger partial charge in [-0.05, 0) is 32.5 Å². The molecule has 114 valence electrons. The van der Waals surface area contributed by atoms with Crippen molar-refractivity contribution in [3.05, 3.63) is 29.7 Å². The van der Waals surface area contributed by atoms with E-state index >= 15 is 0 Å². The van der Waals surface area contributed by atoms with Crippen molar-refractivity contribution in [2.24, 2.45) is 0 Å². The molecule has 1 aromatic heterocycles. The van der Waals surface area contributed by atoms with Crippen molar-refractivity contribution in [3.8, 4) is 17.1 Å². The quantitative estimate of drug-likeness (QED) is 0.876. The summed E-state index contributed by atoms with van der Waals surface area (Å²) >= 11 is 0. The molecule has 0 radical (unpaired) electrons. The third-order valence-electron chi connectivity index (χ3n) is 3.54. The van der Waals surface area contributed by atoms with Gasteiger partial charge in [-0.1, -0.05) is 17.3 Å². The van der Waals surface area contributed by atoms with Crippen LogP contribution < -0.4 is 4.74 Å². The molecule has 1 unspecified atom stereocenters. The standard InChI is InChI=1S/C15H21N3O3/c1-10-5-6-12(7-13(10)20-4)15-16-14(21-17-15)8-18(3)11(2)9-19/h5-7,11,19H,8-9H2,1-4H3. The minimum atomic E-state index is 0.0415. The maximum Gasteiger partial charge on any atom is 0.241 e. The van der Waals surface area contributed by atoms with E-state index in [0.29, 0.717) is 18.3 Å². The van der Waals surface area contributed by atoms with Crippen LogP contribution in [0, 0.1) is 6.92 Å². The minimum Gasteiger partial charge on any atom is -0.496 e. The molecule has 0 fully saturated rings. The van der Waals surface area contributed by atoms with Crippen LogP contribution in [0.1, 0.15) is 18.4 Å². The van der Waals surface area contributed by atoms with E-state index in [2.05, 4.69) is 10.1 Å². The summed E-state index contributed by atoms with van der Waals surface area (Å²) in [5.74, 6) is 1.85. The second-order valence-corrected chi connectivity index (χ2v) is 5.14. The van der Waals surface area contributed by atoms with Gasteiger partial charge in [0.15, 0.2) is 0 Å². The number of aliphatic hydroxyl groups is 1. The van der Waals surface area contributed by atoms with E-state index in [4.69, 9.17) is 14.4 Å². The number of benzene rings is 1. The lowest BCUT2D eigenvalue weighted by Gasteiger charge is -2.20. The Bertz CT molecular complexity index is 598. The lowest BCUT2D eigenvalue weighted by Crippen LogP contribution is -2.31. The van der Waals surface area contributed by atoms with Crippen LogP contribution in [0.4, 0.5) is 0 Å². The van der Waals surface area contributed by atoms with Crippen molar-refractivity contribution in [1.29, 1.82) is 0 Å². The largest absolute Gasteiger partial charge is 0.496 e. The van der Waals surface area contributed by atoms with Crippen molar-refractivity contribution < 1.29 is 14.4 Å². The van der Waals surface area contributed by atoms with Gasteiger partial charge in [0.25, 0.3) is 0 Å². The van der Waals surface area contributed by atoms with Crippen LogP contribution in [0.25, 0.3) is 11.4 Å². The number of aryl methyl sites for hydroxylation is 1. The number of methoxy groups -OCH3 is 1. The molecule has 6 nitrogen and oxygen atoms in total. The van der Waals surface area contributed by atoms with Gasteiger partial charge in [-0.3, -0.25) is 4.90 Å². The number of hydrogen-bond donors (Lipinski definition) is 1. The number of rotatable bonds is 6. The minimum absolute atomic E-state index is 0.0415. The number of likely N-dealkylation sites (N-methyl/N-ethyl adjacent to an activating group) is 1. The first-order valence-corrected chi connectivity index (χ1v) is 6.83. The van der Waals surface area contributed by atoms with Gasteiger partial charge >= 0.3 is 0 Å². The van der Waals surface area contributed by atoms with Gasteiger partial charge < -0.3 is 14.4 Å². The predicted molar refractivity (Wildman–Crippen MR) is 79.0 cm³/mol. The Morgan fingerprint density at radius 3 is 2.86 bits per heavy atom. The Labute approximate surface area is 124 Å². The zero-order valence-electron chi connectivity index (χ0n) is 12.8. The monoisotopic (exact) mass is 291 g/mol. The topological polar surface area (TPSA) is 71.6 Å². The number of aliphatic hydroxyl groups excluding tert-OH is 1. The van der Waals surface area contributed by atoms with Gasteiger partial charge in [0.05, 0.1) is 20.3 Å². The average molecular weight is 291 g/mol. The van der Waals surface area contributed by atoms with Crippen LogP contribution in [0.2, 0.25) is 0 Å². The summed E-state index contributed by atoms with van der Waals surface area (Å²) < 4.78 is 10.6. The van der Waals surface area contributed by atoms with Crippen molar-refractivity contribution in [3.63, 3.8) is 0 Å². The molecule has 0 saturated heterocycles. The lowest BCUT2D eigenvalue weighted by molar-refractivity contribution is 0.142. The van der Waals surface area contributed by atoms with E-state index in [1.54, 1.807) is 7.11 Å². The highest BCUT2D eigenvalue weighted by atomic mass is 16.5. The van der Waals surface area contributed by atoms with Crippen molar-refractivity contribution >= 4 is 0 Å². The first-order chi connectivity index (χ1) is 10.0. The normalized spacial score (nSPS) is 12.7. The molecule has 1 N–H and O–H groups in total. The van der Waals surface area contributed by atoms with Crippen LogP contribution >= 0.6 is 0 Å². The van der Waals surface area contributed by atoms with Crippen LogP contribution in [0.5, 0.6) is 5.75 Å². The van der Waals surface area contributed by atoms with Gasteiger partial charge in [-0.15, -0.1) is 0 Å². The summed E-state index contributed by atoms with van der Waals surface area (Å²) in [5, 5.41) is 13.1. The molecule has 0 bridgehead atoms. The third kappa shape index (κ3) is 3.59. The van der Waals surface area contributed by atoms with Crippen LogP contribution in [0.3, 0.4) is 0 Å². The van der Waals surface area contributed by atoms with Crippen molar-refractivity contribution in [2.45, 2.75) is 26.4 Å². The molecule has 0 aliphatic rings. The molecule has 0 spiro atoms. The molecule has 6 heteroatoms. The molecule has 0 aliphatic carbocycles. The lowest BCUT2D eigenvalue weighted by atomic mass is 10.1. The van der Waals surface area contributed by atoms with Gasteiger partial charge in [0.1, 0.15) is 5.75 Å². The van der Waals surface area contributed by atoms with E-state index in [1.807, 2.05) is 44.0 Å². The number of nitrogens with zero attached hydrogens (tertiary/aromatic N) is 3. The highest BCUT2D eigenvalue weighted by molar-refractivity contribution is 5.58. The molecule has 2 rings (SSSR count). The van der Waals surface area contributed by atoms with Gasteiger partial charge in [0, 0.05) is 11.6 Å². The molecular weight excluding hydrogens is 270 g/mol. The molecule has 0 saturated carbocycles. The van der Waals surface area contributed by atoms with Gasteiger partial charge in [-0.2, -0.15) is 4.98 Å². The summed E-state index contributed by atoms with van der Waals surface area (Å²) in [4.78, 5) is 6.34. The SMILES string of the molecule is COc1cc(-c2noc(CN(C)C(C)CO)n2)ccc1C. The summed E-state index contributed by atoms with van der Waals surface area (Å²) in [6, 6.07) is 5.83. The number of ether oxygens (including phenoxy) is 1. The van der Waals surface area contributed by atoms with E-state index in [1.165, 1.54) is 0 Å². The second kappa shape index (κ2) is 6.69. The molecule has 1 atom stereocenters. The summed E-state index contributed by atoms with van der Waals surface area (Å²) in [6.07, 6.45) is 0. The smallest absolute Gasteiger partial charge is 0.241 e. The fourth-order valence-electron chi connectivity index (χ4n) is 1.90. The van der Waals surface area contributed by atoms with Crippen molar-refractivity contribution in [2.75, 3.05) is 20.8 Å². The Kier molecular flexibility index (Phi) is 4.93. The molecule has 1 heterocycles. The molecule has 2 aromatic rings. The first kappa shape index (κ1) is 15.5. The molecule has 21 heavy (non-hydrogen) atoms. The second-order valence-electron chi connectivity index (χ2n) is 5.14. The van der Waals surface area contributed by atoms with Crippen LogP contribution in [0.15, 0.2) is 22.7 Å². The first-order valence-electron chi connectivity index (χ1n) is 6.83. The maximum absolute atomic E-state index is 9.13. The summed E-state index contributed by atoms with van der Waals surface area (Å²) in [6.45, 7) is 4.50. The van der Waals surface area contributed by atoms with Gasteiger partial charge in [0.2, 0.25) is 11.7 Å². The van der Waals surface area contributed by atoms with Gasteiger partial charge in [-0.25, -0.2) is 0 Å². The Morgan fingerprint density at radius 2 is 2.19 bits per heavy atom. The fraction of sp³-hybridized carbons (Fsp3) is 0.467. The number of aromatic nitrogens is 2. The Morgan fingerprint density at radius 1 is 1.43 bits per heavy atom. The predicted octanol–water partition coefficient (Wildman–Crippen LogP) is 1.87. The zero-order chi connectivity index (χ0) is 15.4. The Balaban J connectivity index is 2.16. The third-order valence-corrected chi connectivity index (χ3v) is 3.54. The van der Waals surface area contributed by atoms with E-state index < -0.39 is 0 Å². The highest BCUT2D eigenvalue weighted by Gasteiger charge is 2.14. The Hall–Kier alpha value is -1.92. The summed E-state index contributed by atoms with van der Waals surface area (Å²) in [7, 11) is 3.54. The molecule has 0 amide bonds. The average Bonchev–Trinajstić information content (AvgIpc) is 2.95. The zero-order valence-corrected chi connectivity index (χ0v) is 12.8. The van der Waals surface area contributed by atoms with Crippen molar-refractivity contribution in [1.82, 2.24) is 15.0 Å². The maximum atomic E-state index is 9.13. The molecule has 0 aliphatic heterocycles. The molecule has 1 aromatic carbocycles. The number of hydrogen-bond acceptors (Lipinski definition) is 6. The van der Waals surface area contributed by atoms with Crippen LogP contribution in [-0.4, -0.2) is 47.0 Å².